The van der Waals surface area contributed by atoms with Crippen molar-refractivity contribution in [2.45, 2.75) is 44.6 Å². The van der Waals surface area contributed by atoms with E-state index in [1.54, 1.807) is 0 Å². The number of allylic oxidation sites excluding steroid dienone is 1. The number of nitrogens with two attached hydrogens (primary N) is 1. The number of fused-ring (bicyclic) bond motifs is 1. The molecule has 1 aliphatic rings. The summed E-state index contributed by atoms with van der Waals surface area (Å²) in [6.07, 6.45) is 8.95. The van der Waals surface area contributed by atoms with Gasteiger partial charge in [0.05, 0.1) is 6.61 Å². The van der Waals surface area contributed by atoms with E-state index in [1.165, 1.54) is 24.8 Å². The highest BCUT2D eigenvalue weighted by molar-refractivity contribution is 5.35. The molecule has 3 nitrogen and oxygen atoms in total. The fraction of sp³-hybridized carbons (Fsp3) is 0.529. The van der Waals surface area contributed by atoms with Crippen LogP contribution in [-0.2, 0) is 6.42 Å². The van der Waals surface area contributed by atoms with Crippen LogP contribution in [0.4, 0.5) is 0 Å². The van der Waals surface area contributed by atoms with Gasteiger partial charge in [0.2, 0.25) is 0 Å². The van der Waals surface area contributed by atoms with Gasteiger partial charge in [-0.15, -0.1) is 6.58 Å². The summed E-state index contributed by atoms with van der Waals surface area (Å²) in [7, 11) is 0. The van der Waals surface area contributed by atoms with Crippen LogP contribution in [0.25, 0.3) is 0 Å². The van der Waals surface area contributed by atoms with Gasteiger partial charge in [-0.05, 0) is 37.3 Å². The number of unbranched alkanes of at least 4 members (excludes halogenated alkanes) is 3. The Kier molecular flexibility index (Phi) is 6.09. The van der Waals surface area contributed by atoms with Crippen LogP contribution in [0.5, 0.6) is 5.75 Å². The van der Waals surface area contributed by atoms with Crippen molar-refractivity contribution in [3.63, 3.8) is 0 Å². The molecule has 3 N–H and O–H groups in total. The van der Waals surface area contributed by atoms with Crippen molar-refractivity contribution in [3.05, 3.63) is 42.5 Å². The molecule has 20 heavy (non-hydrogen) atoms. The Hall–Kier alpha value is -1.32. The summed E-state index contributed by atoms with van der Waals surface area (Å²) >= 11 is 0. The molecule has 1 heterocycles. The molecule has 0 saturated heterocycles. The smallest absolute Gasteiger partial charge is 0.122 e. The minimum Gasteiger partial charge on any atom is -0.493 e. The van der Waals surface area contributed by atoms with Crippen LogP contribution in [-0.4, -0.2) is 12.6 Å². The summed E-state index contributed by atoms with van der Waals surface area (Å²) in [5.74, 6) is 7.24. The number of hydrogen-bond donors (Lipinski definition) is 2. The van der Waals surface area contributed by atoms with Crippen LogP contribution in [0, 0.1) is 5.92 Å². The topological polar surface area (TPSA) is 47.3 Å². The number of nitrogens with one attached hydrogen (secondary N) is 1. The second-order valence-electron chi connectivity index (χ2n) is 5.58. The zero-order valence-corrected chi connectivity index (χ0v) is 12.2. The van der Waals surface area contributed by atoms with Crippen LogP contribution in [0.2, 0.25) is 0 Å². The van der Waals surface area contributed by atoms with E-state index in [4.69, 9.17) is 10.6 Å². The lowest BCUT2D eigenvalue weighted by molar-refractivity contribution is 0.178. The predicted molar refractivity (Wildman–Crippen MR) is 83.5 cm³/mol. The lowest BCUT2D eigenvalue weighted by atomic mass is 9.88. The molecule has 0 saturated carbocycles. The van der Waals surface area contributed by atoms with Gasteiger partial charge in [0, 0.05) is 12.0 Å². The van der Waals surface area contributed by atoms with E-state index in [9.17, 15) is 0 Å². The molecule has 0 fully saturated rings. The summed E-state index contributed by atoms with van der Waals surface area (Å²) in [6, 6.07) is 8.64. The van der Waals surface area contributed by atoms with Gasteiger partial charge in [-0.1, -0.05) is 37.1 Å². The average molecular weight is 274 g/mol. The van der Waals surface area contributed by atoms with Gasteiger partial charge in [-0.2, -0.15) is 0 Å². The highest BCUT2D eigenvalue weighted by Crippen LogP contribution is 2.29. The Morgan fingerprint density at radius 1 is 1.35 bits per heavy atom. The van der Waals surface area contributed by atoms with E-state index in [0.29, 0.717) is 12.0 Å². The van der Waals surface area contributed by atoms with Crippen molar-refractivity contribution >= 4 is 0 Å². The third-order valence-corrected chi connectivity index (χ3v) is 4.11. The van der Waals surface area contributed by atoms with Gasteiger partial charge in [0.1, 0.15) is 5.75 Å². The Morgan fingerprint density at radius 2 is 2.20 bits per heavy atom. The molecule has 110 valence electrons. The number of benzene rings is 1. The normalized spacial score (nSPS) is 18.9. The molecule has 0 bridgehead atoms. The molecule has 1 aromatic rings. The van der Waals surface area contributed by atoms with E-state index in [2.05, 4.69) is 24.1 Å². The molecule has 2 rings (SSSR count). The van der Waals surface area contributed by atoms with Crippen LogP contribution >= 0.6 is 0 Å². The van der Waals surface area contributed by atoms with Crippen molar-refractivity contribution in [3.8, 4) is 5.75 Å². The molecular weight excluding hydrogens is 248 g/mol. The maximum absolute atomic E-state index is 5.85. The molecule has 0 aliphatic carbocycles. The minimum absolute atomic E-state index is 0.340. The lowest BCUT2D eigenvalue weighted by Crippen LogP contribution is -2.45. The average Bonchev–Trinajstić information content (AvgIpc) is 2.50. The van der Waals surface area contributed by atoms with Gasteiger partial charge in [0.15, 0.2) is 0 Å². The number of ether oxygens (including phenoxy) is 1. The fourth-order valence-corrected chi connectivity index (χ4v) is 2.89. The Bertz CT molecular complexity index is 419. The predicted octanol–water partition coefficient (Wildman–Crippen LogP) is 3.21. The molecule has 3 heteroatoms. The minimum atomic E-state index is 0.340. The van der Waals surface area contributed by atoms with Gasteiger partial charge >= 0.3 is 0 Å². The zero-order chi connectivity index (χ0) is 14.2. The van der Waals surface area contributed by atoms with Crippen molar-refractivity contribution < 1.29 is 4.74 Å². The highest BCUT2D eigenvalue weighted by atomic mass is 16.5. The number of hydrogen-bond acceptors (Lipinski definition) is 3. The summed E-state index contributed by atoms with van der Waals surface area (Å²) < 4.78 is 5.85. The molecular formula is C17H26N2O. The summed E-state index contributed by atoms with van der Waals surface area (Å²) in [5, 5.41) is 0. The van der Waals surface area contributed by atoms with E-state index in [1.807, 2.05) is 18.2 Å². The lowest BCUT2D eigenvalue weighted by Gasteiger charge is -2.31. The Morgan fingerprint density at radius 3 is 3.00 bits per heavy atom. The van der Waals surface area contributed by atoms with Crippen molar-refractivity contribution in [2.24, 2.45) is 11.8 Å². The molecule has 2 atom stereocenters. The second-order valence-corrected chi connectivity index (χ2v) is 5.58. The standard InChI is InChI=1S/C17H26N2O/c1-2-3-4-5-6-10-16(19-18)15-12-14-9-7-8-11-17(14)20-13-15/h2,7-9,11,15-16,19H,1,3-6,10,12-13,18H2. The first-order chi connectivity index (χ1) is 9.85. The third-order valence-electron chi connectivity index (χ3n) is 4.11. The number of para-hydroxylation sites is 1. The first kappa shape index (κ1) is 15.1. The van der Waals surface area contributed by atoms with Crippen LogP contribution in [0.15, 0.2) is 36.9 Å². The van der Waals surface area contributed by atoms with Crippen molar-refractivity contribution in [2.75, 3.05) is 6.61 Å². The molecule has 0 radical (unpaired) electrons. The van der Waals surface area contributed by atoms with Gasteiger partial charge in [-0.25, -0.2) is 0 Å². The van der Waals surface area contributed by atoms with Gasteiger partial charge in [0.25, 0.3) is 0 Å². The number of rotatable bonds is 8. The van der Waals surface area contributed by atoms with E-state index < -0.39 is 0 Å². The van der Waals surface area contributed by atoms with Crippen LogP contribution < -0.4 is 16.0 Å². The quantitative estimate of drug-likeness (QED) is 0.331. The summed E-state index contributed by atoms with van der Waals surface area (Å²) in [5.41, 5.74) is 4.29. The molecule has 0 aromatic heterocycles. The summed E-state index contributed by atoms with van der Waals surface area (Å²) in [4.78, 5) is 0. The highest BCUT2D eigenvalue weighted by Gasteiger charge is 2.26. The molecule has 2 unspecified atom stereocenters. The third kappa shape index (κ3) is 4.09. The monoisotopic (exact) mass is 274 g/mol. The molecule has 1 aliphatic heterocycles. The van der Waals surface area contributed by atoms with E-state index >= 15 is 0 Å². The SMILES string of the molecule is C=CCCCCCC(NN)C1COc2ccccc2C1. The molecule has 0 spiro atoms. The first-order valence-electron chi connectivity index (χ1n) is 7.63. The van der Waals surface area contributed by atoms with Crippen LogP contribution in [0.3, 0.4) is 0 Å². The van der Waals surface area contributed by atoms with E-state index in [-0.39, 0.29) is 0 Å². The van der Waals surface area contributed by atoms with Crippen molar-refractivity contribution in [1.82, 2.24) is 5.43 Å². The maximum atomic E-state index is 5.85. The number of hydrazine groups is 1. The largest absolute Gasteiger partial charge is 0.493 e. The van der Waals surface area contributed by atoms with Gasteiger partial charge < -0.3 is 4.74 Å². The summed E-state index contributed by atoms with van der Waals surface area (Å²) in [6.45, 7) is 4.52. The van der Waals surface area contributed by atoms with Crippen LogP contribution in [0.1, 0.15) is 37.7 Å². The second kappa shape index (κ2) is 8.08. The van der Waals surface area contributed by atoms with Gasteiger partial charge in [-0.3, -0.25) is 11.3 Å². The maximum Gasteiger partial charge on any atom is 0.122 e. The van der Waals surface area contributed by atoms with E-state index in [0.717, 1.165) is 31.6 Å². The Labute approximate surface area is 122 Å². The molecule has 0 amide bonds. The Balaban J connectivity index is 1.82. The van der Waals surface area contributed by atoms with Crippen molar-refractivity contribution in [1.29, 1.82) is 0 Å². The first-order valence-corrected chi connectivity index (χ1v) is 7.63. The fourth-order valence-electron chi connectivity index (χ4n) is 2.89. The molecule has 1 aromatic carbocycles. The zero-order valence-electron chi connectivity index (χ0n) is 12.2.